The number of nitrogens with zero attached hydrogens (tertiary/aromatic N) is 3. The fourth-order valence-corrected chi connectivity index (χ4v) is 4.84. The Kier molecular flexibility index (Phi) is 12.3. The van der Waals surface area contributed by atoms with Crippen molar-refractivity contribution in [2.45, 2.75) is 38.5 Å². The van der Waals surface area contributed by atoms with Gasteiger partial charge in [-0.15, -0.1) is 0 Å². The third-order valence-electron chi connectivity index (χ3n) is 6.88. The van der Waals surface area contributed by atoms with Crippen LogP contribution in [0.15, 0.2) is 88.3 Å². The highest BCUT2D eigenvalue weighted by Gasteiger charge is 2.09. The number of nitrogens with one attached hydrogen (secondary N) is 1. The van der Waals surface area contributed by atoms with Crippen LogP contribution in [0.2, 0.25) is 0 Å². The summed E-state index contributed by atoms with van der Waals surface area (Å²) in [5.41, 5.74) is 42.9. The molecule has 0 heterocycles. The van der Waals surface area contributed by atoms with Gasteiger partial charge < -0.3 is 39.8 Å². The lowest BCUT2D eigenvalue weighted by molar-refractivity contribution is 0.860. The summed E-state index contributed by atoms with van der Waals surface area (Å²) in [6, 6.07) is 21.7. The summed E-state index contributed by atoms with van der Waals surface area (Å²) in [7, 11) is 0. The normalized spacial score (nSPS) is 10.5. The highest BCUT2D eigenvalue weighted by atomic mass is 15.0. The van der Waals surface area contributed by atoms with Gasteiger partial charge in [0.05, 0.1) is 0 Å². The first-order valence-electron chi connectivity index (χ1n) is 14.4. The van der Waals surface area contributed by atoms with Crippen LogP contribution in [0.1, 0.15) is 35.1 Å². The molecule has 0 unspecified atom stereocenters. The fraction of sp³-hybridized carbons (Fsp3) is 0.273. The Hall–Kier alpha value is -5.12. The molecular weight excluding hydrogens is 536 g/mol. The molecule has 0 aliphatic carbocycles. The molecule has 10 nitrogen and oxygen atoms in total. The maximum Gasteiger partial charge on any atom is 0.185 e. The van der Waals surface area contributed by atoms with Crippen LogP contribution in [0.3, 0.4) is 0 Å². The number of nitrogens with two attached hydrogens (primary N) is 6. The molecule has 0 atom stereocenters. The first-order valence-corrected chi connectivity index (χ1v) is 14.4. The van der Waals surface area contributed by atoms with Crippen molar-refractivity contribution >= 4 is 23.6 Å². The van der Waals surface area contributed by atoms with Gasteiger partial charge in [-0.25, -0.2) is 0 Å². The summed E-state index contributed by atoms with van der Waals surface area (Å²) in [5.74, 6) is 0.247. The summed E-state index contributed by atoms with van der Waals surface area (Å²) >= 11 is 0. The van der Waals surface area contributed by atoms with Crippen molar-refractivity contribution in [2.24, 2.45) is 49.4 Å². The van der Waals surface area contributed by atoms with Crippen molar-refractivity contribution in [3.63, 3.8) is 0 Å². The van der Waals surface area contributed by atoms with Crippen molar-refractivity contribution in [3.05, 3.63) is 95.6 Å². The summed E-state index contributed by atoms with van der Waals surface area (Å²) < 4.78 is 0. The van der Waals surface area contributed by atoms with Crippen molar-refractivity contribution in [3.8, 4) is 22.3 Å². The first kappa shape index (κ1) is 32.4. The molecule has 0 spiro atoms. The molecule has 0 aliphatic heterocycles. The van der Waals surface area contributed by atoms with E-state index in [1.54, 1.807) is 6.08 Å². The third kappa shape index (κ3) is 11.3. The molecule has 226 valence electrons. The Morgan fingerprint density at radius 2 is 0.977 bits per heavy atom. The Bertz CT molecular complexity index is 1450. The summed E-state index contributed by atoms with van der Waals surface area (Å²) in [5, 5.41) is 7.91. The molecule has 13 N–H and O–H groups in total. The van der Waals surface area contributed by atoms with E-state index in [0.717, 1.165) is 58.2 Å². The average Bonchev–Trinajstić information content (AvgIpc) is 2.96. The van der Waals surface area contributed by atoms with E-state index in [-0.39, 0.29) is 17.9 Å². The van der Waals surface area contributed by atoms with E-state index in [1.807, 2.05) is 0 Å². The Morgan fingerprint density at radius 3 is 1.35 bits per heavy atom. The molecule has 3 rings (SSSR count). The molecule has 0 radical (unpaired) electrons. The molecule has 0 bridgehead atoms. The fourth-order valence-electron chi connectivity index (χ4n) is 4.84. The van der Waals surface area contributed by atoms with Gasteiger partial charge in [-0.05, 0) is 95.2 Å². The van der Waals surface area contributed by atoms with Crippen LogP contribution in [-0.4, -0.2) is 43.2 Å². The second-order valence-electron chi connectivity index (χ2n) is 10.4. The summed E-state index contributed by atoms with van der Waals surface area (Å²) in [6.45, 7) is 5.22. The molecule has 3 aromatic carbocycles. The van der Waals surface area contributed by atoms with Crippen LogP contribution >= 0.6 is 0 Å². The molecule has 0 aliphatic rings. The number of aliphatic imine (C=N–C) groups is 3. The van der Waals surface area contributed by atoms with Gasteiger partial charge in [0.25, 0.3) is 0 Å². The highest BCUT2D eigenvalue weighted by Crippen LogP contribution is 2.30. The van der Waals surface area contributed by atoms with Gasteiger partial charge in [0, 0.05) is 25.3 Å². The van der Waals surface area contributed by atoms with Gasteiger partial charge in [-0.1, -0.05) is 61.2 Å². The number of hydrogen-bond donors (Lipinski definition) is 7. The Balaban J connectivity index is 1.97. The van der Waals surface area contributed by atoms with Gasteiger partial charge >= 0.3 is 0 Å². The quantitative estimate of drug-likeness (QED) is 0.0997. The predicted molar refractivity (Wildman–Crippen MR) is 181 cm³/mol. The zero-order valence-electron chi connectivity index (χ0n) is 24.7. The summed E-state index contributed by atoms with van der Waals surface area (Å²) in [4.78, 5) is 12.5. The molecule has 0 aromatic heterocycles. The van der Waals surface area contributed by atoms with Crippen molar-refractivity contribution in [2.75, 3.05) is 19.6 Å². The molecule has 10 heteroatoms. The monoisotopic (exact) mass is 580 g/mol. The van der Waals surface area contributed by atoms with E-state index in [1.165, 1.54) is 5.56 Å². The zero-order valence-corrected chi connectivity index (χ0v) is 24.7. The number of allylic oxidation sites excluding steroid dienone is 1. The predicted octanol–water partition coefficient (Wildman–Crippen LogP) is 3.00. The van der Waals surface area contributed by atoms with E-state index in [9.17, 15) is 0 Å². The van der Waals surface area contributed by atoms with Crippen LogP contribution in [0.4, 0.5) is 0 Å². The van der Waals surface area contributed by atoms with Gasteiger partial charge in [-0.3, -0.25) is 15.0 Å². The third-order valence-corrected chi connectivity index (χ3v) is 6.88. The van der Waals surface area contributed by atoms with Crippen molar-refractivity contribution in [1.82, 2.24) is 0 Å². The van der Waals surface area contributed by atoms with Crippen molar-refractivity contribution < 1.29 is 0 Å². The number of benzene rings is 3. The molecular formula is C33H44N10. The average molecular weight is 581 g/mol. The van der Waals surface area contributed by atoms with Crippen LogP contribution < -0.4 is 34.4 Å². The van der Waals surface area contributed by atoms with E-state index in [4.69, 9.17) is 39.8 Å². The van der Waals surface area contributed by atoms with Crippen molar-refractivity contribution in [1.29, 1.82) is 5.41 Å². The Labute approximate surface area is 254 Å². The number of aryl methyl sites for hydroxylation is 1. The minimum absolute atomic E-state index is 0.0794. The van der Waals surface area contributed by atoms with E-state index in [2.05, 4.69) is 82.2 Å². The minimum atomic E-state index is 0.0794. The maximum absolute atomic E-state index is 7.91. The Morgan fingerprint density at radius 1 is 0.581 bits per heavy atom. The smallest absolute Gasteiger partial charge is 0.185 e. The van der Waals surface area contributed by atoms with Gasteiger partial charge in [0.15, 0.2) is 17.9 Å². The van der Waals surface area contributed by atoms with Gasteiger partial charge in [0.1, 0.15) is 0 Å². The lowest BCUT2D eigenvalue weighted by Gasteiger charge is -2.13. The molecule has 0 saturated carbocycles. The van der Waals surface area contributed by atoms with Gasteiger partial charge in [-0.2, -0.15) is 0 Å². The van der Waals surface area contributed by atoms with Crippen LogP contribution in [0.5, 0.6) is 0 Å². The summed E-state index contributed by atoms with van der Waals surface area (Å²) in [6.07, 6.45) is 6.14. The standard InChI is InChI=1S/C33H44N10/c1-2-30(34)8-3-5-22-15-23(9-12-41-31(35)36)18-28(17-22)26-6-4-7-27(21-26)29-19-24(10-13-42-32(37)38)16-25(20-29)11-14-43-33(39)40/h2,4,6-7,15-21,34H,1,3,5,8-14H2,(H4,35,36,41)(H4,37,38,42)(H4,39,40,43). The van der Waals surface area contributed by atoms with Crippen LogP contribution in [0, 0.1) is 5.41 Å². The number of guanidine groups is 3. The number of hydrogen-bond acceptors (Lipinski definition) is 4. The molecule has 0 fully saturated rings. The van der Waals surface area contributed by atoms with E-state index < -0.39 is 0 Å². The van der Waals surface area contributed by atoms with Gasteiger partial charge in [0.2, 0.25) is 0 Å². The van der Waals surface area contributed by atoms with Crippen LogP contribution in [-0.2, 0) is 25.7 Å². The number of rotatable bonds is 16. The largest absolute Gasteiger partial charge is 0.370 e. The second kappa shape index (κ2) is 16.4. The maximum atomic E-state index is 7.91. The molecule has 0 saturated heterocycles. The first-order chi connectivity index (χ1) is 20.6. The highest BCUT2D eigenvalue weighted by molar-refractivity contribution is 5.91. The second-order valence-corrected chi connectivity index (χ2v) is 10.4. The lowest BCUT2D eigenvalue weighted by Crippen LogP contribution is -2.23. The van der Waals surface area contributed by atoms with Crippen LogP contribution in [0.25, 0.3) is 22.3 Å². The van der Waals surface area contributed by atoms with E-state index in [0.29, 0.717) is 44.6 Å². The molecule has 43 heavy (non-hydrogen) atoms. The minimum Gasteiger partial charge on any atom is -0.370 e. The molecule has 0 amide bonds. The zero-order chi connectivity index (χ0) is 31.2. The van der Waals surface area contributed by atoms with E-state index >= 15 is 0 Å². The SMILES string of the molecule is C=CC(=N)CCCc1cc(CCN=C(N)N)cc(-c2cccc(-c3cc(CCN=C(N)N)cc(CCN=C(N)N)c3)c2)c1. The molecule has 3 aromatic rings. The lowest BCUT2D eigenvalue weighted by atomic mass is 9.92. The topological polar surface area (TPSA) is 217 Å².